The van der Waals surface area contributed by atoms with E-state index in [9.17, 15) is 0 Å². The minimum atomic E-state index is 0.579. The van der Waals surface area contributed by atoms with Crippen LogP contribution in [0.15, 0.2) is 11.6 Å². The molecule has 2 fully saturated rings. The molecule has 1 N–H and O–H groups in total. The third-order valence-corrected chi connectivity index (χ3v) is 5.33. The summed E-state index contributed by atoms with van der Waals surface area (Å²) in [5.41, 5.74) is 3.19. The van der Waals surface area contributed by atoms with E-state index in [1.165, 1.54) is 64.3 Å². The Labute approximate surface area is 99.7 Å². The van der Waals surface area contributed by atoms with Gasteiger partial charge in [0.1, 0.15) is 0 Å². The maximum atomic E-state index is 3.45. The summed E-state index contributed by atoms with van der Waals surface area (Å²) in [6.07, 6.45) is 15.7. The van der Waals surface area contributed by atoms with E-state index in [2.05, 4.69) is 18.4 Å². The summed E-state index contributed by atoms with van der Waals surface area (Å²) in [6.45, 7) is 1.22. The highest BCUT2D eigenvalue weighted by Gasteiger charge is 2.57. The molecule has 0 aromatic heterocycles. The van der Waals surface area contributed by atoms with Gasteiger partial charge in [0.15, 0.2) is 0 Å². The van der Waals surface area contributed by atoms with Crippen LogP contribution in [0, 0.1) is 10.8 Å². The first kappa shape index (κ1) is 10.8. The number of hydrogen-bond donors (Lipinski definition) is 1. The molecule has 0 saturated heterocycles. The van der Waals surface area contributed by atoms with Crippen LogP contribution in [0.25, 0.3) is 0 Å². The van der Waals surface area contributed by atoms with Crippen molar-refractivity contribution < 1.29 is 0 Å². The molecule has 0 radical (unpaired) electrons. The third kappa shape index (κ3) is 1.55. The lowest BCUT2D eigenvalue weighted by Gasteiger charge is -2.62. The van der Waals surface area contributed by atoms with Crippen LogP contribution in [0.5, 0.6) is 0 Å². The van der Waals surface area contributed by atoms with Crippen molar-refractivity contribution in [3.8, 4) is 0 Å². The molecule has 0 bridgehead atoms. The number of nitrogens with one attached hydrogen (secondary N) is 1. The highest BCUT2D eigenvalue weighted by molar-refractivity contribution is 5.26. The van der Waals surface area contributed by atoms with Gasteiger partial charge in [-0.25, -0.2) is 0 Å². The second-order valence-corrected chi connectivity index (χ2v) is 6.49. The molecule has 0 atom stereocenters. The molecule has 90 valence electrons. The van der Waals surface area contributed by atoms with Crippen LogP contribution in [0.4, 0.5) is 0 Å². The van der Waals surface area contributed by atoms with E-state index in [-0.39, 0.29) is 0 Å². The molecule has 1 heteroatoms. The fourth-order valence-electron chi connectivity index (χ4n) is 4.54. The van der Waals surface area contributed by atoms with Gasteiger partial charge in [-0.3, -0.25) is 0 Å². The topological polar surface area (TPSA) is 12.0 Å². The van der Waals surface area contributed by atoms with Crippen molar-refractivity contribution in [1.29, 1.82) is 0 Å². The van der Waals surface area contributed by atoms with Gasteiger partial charge in [-0.05, 0) is 63.8 Å². The van der Waals surface area contributed by atoms with Crippen LogP contribution in [-0.2, 0) is 0 Å². The SMILES string of the molecule is CNCC1(C2=CCCCC2)CC2(CCC2)C1. The van der Waals surface area contributed by atoms with Crippen molar-refractivity contribution in [2.75, 3.05) is 13.6 Å². The van der Waals surface area contributed by atoms with Crippen molar-refractivity contribution in [1.82, 2.24) is 5.32 Å². The molecule has 0 unspecified atom stereocenters. The Kier molecular flexibility index (Phi) is 2.62. The molecule has 16 heavy (non-hydrogen) atoms. The normalized spacial score (nSPS) is 30.4. The lowest BCUT2D eigenvalue weighted by molar-refractivity contribution is -0.0751. The number of rotatable bonds is 3. The summed E-state index contributed by atoms with van der Waals surface area (Å²) in [6, 6.07) is 0. The average molecular weight is 219 g/mol. The Morgan fingerprint density at radius 1 is 1.19 bits per heavy atom. The summed E-state index contributed by atoms with van der Waals surface area (Å²) >= 11 is 0. The Balaban J connectivity index is 1.74. The maximum Gasteiger partial charge on any atom is 0.00471 e. The molecule has 3 aliphatic rings. The molecule has 3 rings (SSSR count). The molecule has 3 aliphatic carbocycles. The average Bonchev–Trinajstić information content (AvgIpc) is 2.21. The van der Waals surface area contributed by atoms with Crippen molar-refractivity contribution in [2.45, 2.75) is 57.8 Å². The highest BCUT2D eigenvalue weighted by atomic mass is 14.9. The van der Waals surface area contributed by atoms with Gasteiger partial charge in [0.25, 0.3) is 0 Å². The van der Waals surface area contributed by atoms with Gasteiger partial charge in [0, 0.05) is 12.0 Å². The monoisotopic (exact) mass is 219 g/mol. The van der Waals surface area contributed by atoms with Gasteiger partial charge in [-0.2, -0.15) is 0 Å². The van der Waals surface area contributed by atoms with Crippen molar-refractivity contribution in [3.63, 3.8) is 0 Å². The van der Waals surface area contributed by atoms with Crippen molar-refractivity contribution in [2.24, 2.45) is 10.8 Å². The van der Waals surface area contributed by atoms with Crippen molar-refractivity contribution >= 4 is 0 Å². The summed E-state index contributed by atoms with van der Waals surface area (Å²) in [5, 5.41) is 3.45. The standard InChI is InChI=1S/C15H25N/c1-16-12-15(13-6-3-2-4-7-13)10-14(11-15)8-5-9-14/h6,16H,2-5,7-12H2,1H3. The zero-order valence-electron chi connectivity index (χ0n) is 10.6. The van der Waals surface area contributed by atoms with Crippen molar-refractivity contribution in [3.05, 3.63) is 11.6 Å². The van der Waals surface area contributed by atoms with E-state index < -0.39 is 0 Å². The Bertz CT molecular complexity index is 291. The Morgan fingerprint density at radius 3 is 2.50 bits per heavy atom. The first-order valence-corrected chi connectivity index (χ1v) is 7.13. The zero-order chi connectivity index (χ0) is 11.1. The smallest absolute Gasteiger partial charge is 0.00471 e. The second kappa shape index (κ2) is 3.87. The minimum Gasteiger partial charge on any atom is -0.319 e. The van der Waals surface area contributed by atoms with Crippen LogP contribution in [-0.4, -0.2) is 13.6 Å². The molecule has 0 aromatic rings. The quantitative estimate of drug-likeness (QED) is 0.714. The van der Waals surface area contributed by atoms with Gasteiger partial charge in [-0.15, -0.1) is 0 Å². The summed E-state index contributed by atoms with van der Waals surface area (Å²) in [4.78, 5) is 0. The van der Waals surface area contributed by atoms with Crippen LogP contribution in [0.3, 0.4) is 0 Å². The lowest BCUT2D eigenvalue weighted by atomic mass is 9.43. The number of hydrogen-bond acceptors (Lipinski definition) is 1. The molecule has 0 heterocycles. The second-order valence-electron chi connectivity index (χ2n) is 6.49. The zero-order valence-corrected chi connectivity index (χ0v) is 10.6. The predicted molar refractivity (Wildman–Crippen MR) is 68.4 cm³/mol. The first-order chi connectivity index (χ1) is 7.79. The summed E-state index contributed by atoms with van der Waals surface area (Å²) in [7, 11) is 2.12. The largest absolute Gasteiger partial charge is 0.319 e. The van der Waals surface area contributed by atoms with Crippen LogP contribution >= 0.6 is 0 Å². The molecule has 0 aromatic carbocycles. The minimum absolute atomic E-state index is 0.579. The van der Waals surface area contributed by atoms with E-state index in [0.29, 0.717) is 5.41 Å². The van der Waals surface area contributed by atoms with Gasteiger partial charge >= 0.3 is 0 Å². The van der Waals surface area contributed by atoms with E-state index in [4.69, 9.17) is 0 Å². The predicted octanol–water partition coefficient (Wildman–Crippen LogP) is 3.66. The van der Waals surface area contributed by atoms with Gasteiger partial charge < -0.3 is 5.32 Å². The van der Waals surface area contributed by atoms with E-state index >= 15 is 0 Å². The van der Waals surface area contributed by atoms with Crippen LogP contribution < -0.4 is 5.32 Å². The van der Waals surface area contributed by atoms with E-state index in [1.807, 2.05) is 5.57 Å². The van der Waals surface area contributed by atoms with Gasteiger partial charge in [0.2, 0.25) is 0 Å². The Morgan fingerprint density at radius 2 is 2.00 bits per heavy atom. The molecular weight excluding hydrogens is 194 g/mol. The Hall–Kier alpha value is -0.300. The maximum absolute atomic E-state index is 3.45. The molecule has 0 amide bonds. The van der Waals surface area contributed by atoms with E-state index in [1.54, 1.807) is 0 Å². The first-order valence-electron chi connectivity index (χ1n) is 7.13. The van der Waals surface area contributed by atoms with Crippen LogP contribution in [0.2, 0.25) is 0 Å². The van der Waals surface area contributed by atoms with E-state index in [0.717, 1.165) is 5.41 Å². The molecule has 1 spiro atoms. The fourth-order valence-corrected chi connectivity index (χ4v) is 4.54. The molecule has 0 aliphatic heterocycles. The fraction of sp³-hybridized carbons (Fsp3) is 0.867. The third-order valence-electron chi connectivity index (χ3n) is 5.33. The van der Waals surface area contributed by atoms with Gasteiger partial charge in [-0.1, -0.05) is 18.1 Å². The molecular formula is C15H25N. The molecule has 1 nitrogen and oxygen atoms in total. The van der Waals surface area contributed by atoms with Crippen LogP contribution in [0.1, 0.15) is 57.8 Å². The highest BCUT2D eigenvalue weighted by Crippen LogP contribution is 2.67. The summed E-state index contributed by atoms with van der Waals surface area (Å²) < 4.78 is 0. The van der Waals surface area contributed by atoms with Gasteiger partial charge in [0.05, 0.1) is 0 Å². The lowest BCUT2D eigenvalue weighted by Crippen LogP contribution is -2.55. The summed E-state index contributed by atoms with van der Waals surface area (Å²) in [5.74, 6) is 0. The molecule has 2 saturated carbocycles. The number of allylic oxidation sites excluding steroid dienone is 1.